The standard InChI is InChI=1S/C15H18N2O/c1-10-14-12(11-6-4-3-5-7-11)8-15(2,18)9-13(14)17-16-10/h3-7,12,18H,8-9H2,1-2H3,(H,16,17)/t12-,15-/m0/s1. The first kappa shape index (κ1) is 11.5. The van der Waals surface area contributed by atoms with Crippen molar-refractivity contribution in [3.05, 3.63) is 52.8 Å². The molecule has 1 aliphatic carbocycles. The summed E-state index contributed by atoms with van der Waals surface area (Å²) in [5.74, 6) is 0.240. The van der Waals surface area contributed by atoms with Crippen LogP contribution in [0.3, 0.4) is 0 Å². The van der Waals surface area contributed by atoms with E-state index in [1.54, 1.807) is 0 Å². The lowest BCUT2D eigenvalue weighted by Crippen LogP contribution is -2.34. The van der Waals surface area contributed by atoms with E-state index in [4.69, 9.17) is 0 Å². The first-order valence-corrected chi connectivity index (χ1v) is 6.38. The van der Waals surface area contributed by atoms with Crippen LogP contribution >= 0.6 is 0 Å². The fourth-order valence-corrected chi connectivity index (χ4v) is 3.03. The van der Waals surface area contributed by atoms with Crippen molar-refractivity contribution in [2.24, 2.45) is 0 Å². The summed E-state index contributed by atoms with van der Waals surface area (Å²) in [6, 6.07) is 10.4. The normalized spacial score (nSPS) is 26.9. The summed E-state index contributed by atoms with van der Waals surface area (Å²) in [7, 11) is 0. The van der Waals surface area contributed by atoms with Crippen LogP contribution in [0.25, 0.3) is 0 Å². The van der Waals surface area contributed by atoms with Gasteiger partial charge >= 0.3 is 0 Å². The number of rotatable bonds is 1. The second-order valence-electron chi connectivity index (χ2n) is 5.55. The van der Waals surface area contributed by atoms with Crippen LogP contribution in [0.1, 0.15) is 41.8 Å². The van der Waals surface area contributed by atoms with Crippen LogP contribution in [0.2, 0.25) is 0 Å². The molecule has 0 spiro atoms. The van der Waals surface area contributed by atoms with E-state index in [0.29, 0.717) is 6.42 Å². The first-order valence-electron chi connectivity index (χ1n) is 6.38. The molecule has 0 saturated heterocycles. The van der Waals surface area contributed by atoms with E-state index in [9.17, 15) is 5.11 Å². The van der Waals surface area contributed by atoms with Crippen LogP contribution in [0.4, 0.5) is 0 Å². The lowest BCUT2D eigenvalue weighted by Gasteiger charge is -2.34. The highest BCUT2D eigenvalue weighted by molar-refractivity contribution is 5.40. The summed E-state index contributed by atoms with van der Waals surface area (Å²) < 4.78 is 0. The van der Waals surface area contributed by atoms with Gasteiger partial charge in [0.05, 0.1) is 11.3 Å². The Hall–Kier alpha value is -1.61. The Labute approximate surface area is 107 Å². The van der Waals surface area contributed by atoms with Crippen LogP contribution in [-0.4, -0.2) is 20.9 Å². The van der Waals surface area contributed by atoms with Gasteiger partial charge in [-0.3, -0.25) is 5.10 Å². The van der Waals surface area contributed by atoms with Gasteiger partial charge in [0.1, 0.15) is 0 Å². The van der Waals surface area contributed by atoms with E-state index in [1.807, 2.05) is 25.1 Å². The fraction of sp³-hybridized carbons (Fsp3) is 0.400. The van der Waals surface area contributed by atoms with Gasteiger partial charge in [0.2, 0.25) is 0 Å². The maximum absolute atomic E-state index is 10.4. The molecule has 0 radical (unpaired) electrons. The quantitative estimate of drug-likeness (QED) is 0.807. The van der Waals surface area contributed by atoms with Crippen LogP contribution < -0.4 is 0 Å². The van der Waals surface area contributed by atoms with E-state index in [0.717, 1.165) is 17.8 Å². The van der Waals surface area contributed by atoms with Gasteiger partial charge in [-0.25, -0.2) is 0 Å². The predicted octanol–water partition coefficient (Wildman–Crippen LogP) is 2.55. The van der Waals surface area contributed by atoms with E-state index < -0.39 is 5.60 Å². The number of aromatic nitrogens is 2. The van der Waals surface area contributed by atoms with Crippen molar-refractivity contribution >= 4 is 0 Å². The van der Waals surface area contributed by atoms with Crippen molar-refractivity contribution in [3.8, 4) is 0 Å². The van der Waals surface area contributed by atoms with Gasteiger partial charge in [-0.1, -0.05) is 30.3 Å². The average molecular weight is 242 g/mol. The number of hydrogen-bond donors (Lipinski definition) is 2. The molecular weight excluding hydrogens is 224 g/mol. The Balaban J connectivity index is 2.12. The smallest absolute Gasteiger partial charge is 0.0691 e. The molecule has 2 aromatic rings. The molecule has 0 saturated carbocycles. The fourth-order valence-electron chi connectivity index (χ4n) is 3.03. The minimum absolute atomic E-state index is 0.240. The molecule has 3 rings (SSSR count). The Bertz CT molecular complexity index is 557. The molecular formula is C15H18N2O. The molecule has 2 atom stereocenters. The number of aromatic amines is 1. The molecule has 1 aliphatic rings. The highest BCUT2D eigenvalue weighted by atomic mass is 16.3. The molecule has 0 bridgehead atoms. The summed E-state index contributed by atoms with van der Waals surface area (Å²) in [6.45, 7) is 3.96. The number of nitrogens with zero attached hydrogens (tertiary/aromatic N) is 1. The molecule has 18 heavy (non-hydrogen) atoms. The number of benzene rings is 1. The number of fused-ring (bicyclic) bond motifs is 1. The number of aliphatic hydroxyl groups is 1. The van der Waals surface area contributed by atoms with Crippen LogP contribution in [0.5, 0.6) is 0 Å². The van der Waals surface area contributed by atoms with Gasteiger partial charge in [-0.15, -0.1) is 0 Å². The maximum Gasteiger partial charge on any atom is 0.0691 e. The van der Waals surface area contributed by atoms with Crippen molar-refractivity contribution in [2.75, 3.05) is 0 Å². The molecule has 3 nitrogen and oxygen atoms in total. The first-order chi connectivity index (χ1) is 8.57. The van der Waals surface area contributed by atoms with Crippen molar-refractivity contribution in [3.63, 3.8) is 0 Å². The molecule has 2 N–H and O–H groups in total. The highest BCUT2D eigenvalue weighted by Gasteiger charge is 2.37. The molecule has 0 aliphatic heterocycles. The number of H-pyrrole nitrogens is 1. The van der Waals surface area contributed by atoms with E-state index in [1.165, 1.54) is 11.1 Å². The zero-order valence-electron chi connectivity index (χ0n) is 10.8. The van der Waals surface area contributed by atoms with Crippen LogP contribution in [0.15, 0.2) is 30.3 Å². The minimum Gasteiger partial charge on any atom is -0.390 e. The second kappa shape index (κ2) is 3.95. The SMILES string of the molecule is Cc1[nH]nc2c1[C@H](c1ccccc1)C[C@](C)(O)C2. The van der Waals surface area contributed by atoms with Crippen LogP contribution in [-0.2, 0) is 6.42 Å². The summed E-state index contributed by atoms with van der Waals surface area (Å²) in [4.78, 5) is 0. The number of aryl methyl sites for hydroxylation is 1. The van der Waals surface area contributed by atoms with Gasteiger partial charge in [-0.05, 0) is 25.8 Å². The molecule has 0 fully saturated rings. The predicted molar refractivity (Wildman–Crippen MR) is 70.6 cm³/mol. The monoisotopic (exact) mass is 242 g/mol. The maximum atomic E-state index is 10.4. The van der Waals surface area contributed by atoms with Gasteiger partial charge in [0.15, 0.2) is 0 Å². The van der Waals surface area contributed by atoms with E-state index in [-0.39, 0.29) is 5.92 Å². The second-order valence-corrected chi connectivity index (χ2v) is 5.55. The zero-order chi connectivity index (χ0) is 12.8. The van der Waals surface area contributed by atoms with E-state index in [2.05, 4.69) is 29.3 Å². The Kier molecular flexibility index (Phi) is 2.52. The zero-order valence-corrected chi connectivity index (χ0v) is 10.8. The Morgan fingerprint density at radius 2 is 2.06 bits per heavy atom. The van der Waals surface area contributed by atoms with Crippen molar-refractivity contribution in [1.82, 2.24) is 10.2 Å². The third-order valence-corrected chi connectivity index (χ3v) is 3.82. The summed E-state index contributed by atoms with van der Waals surface area (Å²) >= 11 is 0. The summed E-state index contributed by atoms with van der Waals surface area (Å²) in [6.07, 6.45) is 1.39. The third kappa shape index (κ3) is 1.85. The molecule has 3 heteroatoms. The lowest BCUT2D eigenvalue weighted by molar-refractivity contribution is 0.0395. The number of hydrogen-bond acceptors (Lipinski definition) is 2. The number of nitrogens with one attached hydrogen (secondary N) is 1. The van der Waals surface area contributed by atoms with E-state index >= 15 is 0 Å². The van der Waals surface area contributed by atoms with Gasteiger partial charge < -0.3 is 5.11 Å². The molecule has 94 valence electrons. The topological polar surface area (TPSA) is 48.9 Å². The molecule has 1 heterocycles. The highest BCUT2D eigenvalue weighted by Crippen LogP contribution is 2.41. The molecule has 1 aromatic heterocycles. The van der Waals surface area contributed by atoms with Crippen molar-refractivity contribution < 1.29 is 5.11 Å². The average Bonchev–Trinajstić information content (AvgIpc) is 2.69. The van der Waals surface area contributed by atoms with Gasteiger partial charge in [0.25, 0.3) is 0 Å². The Morgan fingerprint density at radius 1 is 1.33 bits per heavy atom. The lowest BCUT2D eigenvalue weighted by atomic mass is 9.74. The molecule has 0 amide bonds. The van der Waals surface area contributed by atoms with Gasteiger partial charge in [-0.2, -0.15) is 5.10 Å². The molecule has 1 aromatic carbocycles. The minimum atomic E-state index is -0.671. The van der Waals surface area contributed by atoms with Gasteiger partial charge in [0, 0.05) is 23.6 Å². The Morgan fingerprint density at radius 3 is 2.78 bits per heavy atom. The summed E-state index contributed by atoms with van der Waals surface area (Å²) in [5.41, 5.74) is 3.98. The van der Waals surface area contributed by atoms with Crippen molar-refractivity contribution in [2.45, 2.75) is 38.2 Å². The summed E-state index contributed by atoms with van der Waals surface area (Å²) in [5, 5.41) is 17.8. The third-order valence-electron chi connectivity index (χ3n) is 3.82. The van der Waals surface area contributed by atoms with Crippen LogP contribution in [0, 0.1) is 6.92 Å². The molecule has 0 unspecified atom stereocenters. The largest absolute Gasteiger partial charge is 0.390 e. The van der Waals surface area contributed by atoms with Crippen molar-refractivity contribution in [1.29, 1.82) is 0 Å².